The molecule has 0 aromatic carbocycles. The number of rotatable bonds is 7. The fourth-order valence-corrected chi connectivity index (χ4v) is 2.68. The second-order valence-corrected chi connectivity index (χ2v) is 5.73. The second kappa shape index (κ2) is 5.86. The van der Waals surface area contributed by atoms with Crippen molar-refractivity contribution in [3.8, 4) is 6.07 Å². The van der Waals surface area contributed by atoms with Crippen LogP contribution < -0.4 is 0 Å². The van der Waals surface area contributed by atoms with Crippen LogP contribution in [-0.2, 0) is 0 Å². The average molecular weight is 273 g/mol. The van der Waals surface area contributed by atoms with Crippen LogP contribution in [0.5, 0.6) is 0 Å². The largest absolute Gasteiger partial charge is 0.301 e. The van der Waals surface area contributed by atoms with Gasteiger partial charge in [-0.15, -0.1) is 0 Å². The molecule has 0 aliphatic heterocycles. The van der Waals surface area contributed by atoms with E-state index in [1.807, 2.05) is 0 Å². The quantitative estimate of drug-likeness (QED) is 0.667. The van der Waals surface area contributed by atoms with Gasteiger partial charge in [-0.25, -0.2) is 0 Å². The lowest BCUT2D eigenvalue weighted by Gasteiger charge is -2.27. The summed E-state index contributed by atoms with van der Waals surface area (Å²) in [6, 6.07) is 2.24. The maximum Gasteiger partial charge on any atom is 0.0635 e. The summed E-state index contributed by atoms with van der Waals surface area (Å²) < 4.78 is 0. The highest BCUT2D eigenvalue weighted by Gasteiger charge is 2.42. The SMILES string of the molecule is CC(C)CN(CCC#N)CC1(CBr)CC1. The van der Waals surface area contributed by atoms with Gasteiger partial charge in [-0.3, -0.25) is 0 Å². The van der Waals surface area contributed by atoms with Crippen molar-refractivity contribution in [1.82, 2.24) is 4.90 Å². The number of nitrogens with zero attached hydrogens (tertiary/aromatic N) is 2. The van der Waals surface area contributed by atoms with E-state index in [0.717, 1.165) is 25.0 Å². The summed E-state index contributed by atoms with van der Waals surface area (Å²) in [7, 11) is 0. The van der Waals surface area contributed by atoms with Crippen molar-refractivity contribution in [2.24, 2.45) is 11.3 Å². The topological polar surface area (TPSA) is 27.0 Å². The lowest BCUT2D eigenvalue weighted by Crippen LogP contribution is -2.34. The summed E-state index contributed by atoms with van der Waals surface area (Å²) in [4.78, 5) is 2.46. The lowest BCUT2D eigenvalue weighted by molar-refractivity contribution is 0.212. The van der Waals surface area contributed by atoms with Gasteiger partial charge in [0.2, 0.25) is 0 Å². The van der Waals surface area contributed by atoms with Crippen LogP contribution >= 0.6 is 15.9 Å². The van der Waals surface area contributed by atoms with Crippen molar-refractivity contribution in [3.63, 3.8) is 0 Å². The van der Waals surface area contributed by atoms with Gasteiger partial charge in [-0.2, -0.15) is 5.26 Å². The molecule has 15 heavy (non-hydrogen) atoms. The van der Waals surface area contributed by atoms with E-state index in [2.05, 4.69) is 40.7 Å². The van der Waals surface area contributed by atoms with Crippen LogP contribution in [-0.4, -0.2) is 29.9 Å². The molecule has 1 aliphatic carbocycles. The summed E-state index contributed by atoms with van der Waals surface area (Å²) in [5, 5.41) is 9.75. The Kier molecular flexibility index (Phi) is 5.08. The molecule has 0 amide bonds. The summed E-state index contributed by atoms with van der Waals surface area (Å²) >= 11 is 3.60. The first-order valence-corrected chi connectivity index (χ1v) is 6.89. The van der Waals surface area contributed by atoms with Gasteiger partial charge in [0.1, 0.15) is 0 Å². The molecule has 1 fully saturated rings. The predicted molar refractivity (Wildman–Crippen MR) is 67.0 cm³/mol. The molecule has 0 aromatic heterocycles. The Morgan fingerprint density at radius 2 is 2.13 bits per heavy atom. The minimum absolute atomic E-state index is 0.532. The standard InChI is InChI=1S/C12H21BrN2/c1-11(2)8-15(7-3-6-14)10-12(9-13)4-5-12/h11H,3-5,7-10H2,1-2H3. The minimum atomic E-state index is 0.532. The molecule has 0 aromatic rings. The number of hydrogen-bond acceptors (Lipinski definition) is 2. The third-order valence-corrected chi connectivity index (χ3v) is 4.15. The Hall–Kier alpha value is -0.0700. The van der Waals surface area contributed by atoms with Crippen molar-refractivity contribution in [2.45, 2.75) is 33.1 Å². The van der Waals surface area contributed by atoms with Crippen LogP contribution in [0.15, 0.2) is 0 Å². The number of halogens is 1. The Morgan fingerprint density at radius 1 is 1.47 bits per heavy atom. The van der Waals surface area contributed by atoms with Gasteiger partial charge < -0.3 is 4.90 Å². The zero-order valence-electron chi connectivity index (χ0n) is 9.80. The number of alkyl halides is 1. The Balaban J connectivity index is 2.38. The molecule has 0 saturated heterocycles. The van der Waals surface area contributed by atoms with Gasteiger partial charge in [-0.1, -0.05) is 29.8 Å². The zero-order valence-corrected chi connectivity index (χ0v) is 11.4. The number of hydrogen-bond donors (Lipinski definition) is 0. The van der Waals surface area contributed by atoms with E-state index < -0.39 is 0 Å². The van der Waals surface area contributed by atoms with Crippen molar-refractivity contribution in [2.75, 3.05) is 25.0 Å². The van der Waals surface area contributed by atoms with Gasteiger partial charge in [0.05, 0.1) is 6.07 Å². The van der Waals surface area contributed by atoms with Crippen molar-refractivity contribution < 1.29 is 0 Å². The van der Waals surface area contributed by atoms with Crippen molar-refractivity contribution >= 4 is 15.9 Å². The van der Waals surface area contributed by atoms with E-state index in [0.29, 0.717) is 17.8 Å². The van der Waals surface area contributed by atoms with Gasteiger partial charge in [0, 0.05) is 31.4 Å². The highest BCUT2D eigenvalue weighted by Crippen LogP contribution is 2.47. The van der Waals surface area contributed by atoms with Crippen molar-refractivity contribution in [3.05, 3.63) is 0 Å². The Morgan fingerprint density at radius 3 is 2.53 bits per heavy atom. The molecule has 2 nitrogen and oxygen atoms in total. The molecular weight excluding hydrogens is 252 g/mol. The summed E-state index contributed by atoms with van der Waals surface area (Å²) in [5.41, 5.74) is 0.532. The average Bonchev–Trinajstić information content (AvgIpc) is 2.94. The molecule has 1 rings (SSSR count). The second-order valence-electron chi connectivity index (χ2n) is 5.17. The first-order chi connectivity index (χ1) is 7.12. The van der Waals surface area contributed by atoms with E-state index in [1.165, 1.54) is 12.8 Å². The first kappa shape index (κ1) is 13.0. The molecule has 0 atom stereocenters. The zero-order chi connectivity index (χ0) is 11.3. The van der Waals surface area contributed by atoms with Crippen LogP contribution in [0.3, 0.4) is 0 Å². The molecule has 1 aliphatic rings. The molecule has 0 heterocycles. The maximum atomic E-state index is 8.63. The van der Waals surface area contributed by atoms with Crippen LogP contribution in [0.25, 0.3) is 0 Å². The van der Waals surface area contributed by atoms with Crippen LogP contribution in [0.4, 0.5) is 0 Å². The Labute approximate surface area is 102 Å². The monoisotopic (exact) mass is 272 g/mol. The molecule has 0 radical (unpaired) electrons. The molecular formula is C12H21BrN2. The van der Waals surface area contributed by atoms with Crippen molar-refractivity contribution in [1.29, 1.82) is 5.26 Å². The third-order valence-electron chi connectivity index (χ3n) is 2.96. The Bertz CT molecular complexity index is 228. The summed E-state index contributed by atoms with van der Waals surface area (Å²) in [6.45, 7) is 7.71. The fraction of sp³-hybridized carbons (Fsp3) is 0.917. The van der Waals surface area contributed by atoms with E-state index in [-0.39, 0.29) is 0 Å². The minimum Gasteiger partial charge on any atom is -0.301 e. The molecule has 1 saturated carbocycles. The van der Waals surface area contributed by atoms with Crippen LogP contribution in [0.2, 0.25) is 0 Å². The van der Waals surface area contributed by atoms with Crippen LogP contribution in [0.1, 0.15) is 33.1 Å². The van der Waals surface area contributed by atoms with Gasteiger partial charge in [0.15, 0.2) is 0 Å². The molecule has 86 valence electrons. The lowest BCUT2D eigenvalue weighted by atomic mass is 10.1. The summed E-state index contributed by atoms with van der Waals surface area (Å²) in [6.07, 6.45) is 3.35. The third kappa shape index (κ3) is 4.53. The van der Waals surface area contributed by atoms with Crippen LogP contribution in [0, 0.1) is 22.7 Å². The smallest absolute Gasteiger partial charge is 0.0635 e. The molecule has 0 N–H and O–H groups in total. The normalized spacial score (nSPS) is 18.1. The molecule has 0 spiro atoms. The maximum absolute atomic E-state index is 8.63. The molecule has 0 bridgehead atoms. The first-order valence-electron chi connectivity index (χ1n) is 5.77. The predicted octanol–water partition coefficient (Wildman–Crippen LogP) is 3.03. The number of nitriles is 1. The van der Waals surface area contributed by atoms with Gasteiger partial charge >= 0.3 is 0 Å². The van der Waals surface area contributed by atoms with E-state index in [1.54, 1.807) is 0 Å². The highest BCUT2D eigenvalue weighted by atomic mass is 79.9. The van der Waals surface area contributed by atoms with E-state index in [4.69, 9.17) is 5.26 Å². The van der Waals surface area contributed by atoms with Gasteiger partial charge in [0.25, 0.3) is 0 Å². The van der Waals surface area contributed by atoms with Gasteiger partial charge in [-0.05, 0) is 24.2 Å². The summed E-state index contributed by atoms with van der Waals surface area (Å²) in [5.74, 6) is 0.690. The van der Waals surface area contributed by atoms with E-state index >= 15 is 0 Å². The molecule has 0 unspecified atom stereocenters. The fourth-order valence-electron chi connectivity index (χ4n) is 1.94. The van der Waals surface area contributed by atoms with E-state index in [9.17, 15) is 0 Å². The highest BCUT2D eigenvalue weighted by molar-refractivity contribution is 9.09. The molecule has 3 heteroatoms.